The number of amides is 1. The molecule has 0 radical (unpaired) electrons. The number of nitrogens with zero attached hydrogens (tertiary/aromatic N) is 3. The van der Waals surface area contributed by atoms with Crippen LogP contribution in [0.4, 0.5) is 20.3 Å². The molecule has 3 aromatic rings. The first-order chi connectivity index (χ1) is 14.8. The van der Waals surface area contributed by atoms with E-state index in [0.717, 1.165) is 11.6 Å². The highest BCUT2D eigenvalue weighted by atomic mass is 32.2. The first kappa shape index (κ1) is 20.6. The van der Waals surface area contributed by atoms with Crippen molar-refractivity contribution in [2.24, 2.45) is 5.10 Å². The average molecular weight is 442 g/mol. The second-order valence-electron chi connectivity index (χ2n) is 6.80. The number of aromatic nitrogens is 1. The average Bonchev–Trinajstić information content (AvgIpc) is 2.74. The van der Waals surface area contributed by atoms with E-state index in [-0.39, 0.29) is 22.8 Å². The Labute approximate surface area is 177 Å². The first-order valence-electron chi connectivity index (χ1n) is 9.15. The van der Waals surface area contributed by atoms with Gasteiger partial charge in [-0.1, -0.05) is 23.8 Å². The molecule has 1 aromatic heterocycles. The van der Waals surface area contributed by atoms with Gasteiger partial charge < -0.3 is 5.32 Å². The molecule has 1 aliphatic rings. The van der Waals surface area contributed by atoms with Crippen LogP contribution in [0.1, 0.15) is 11.1 Å². The maximum Gasteiger partial charge on any atom is 0.284 e. The second-order valence-corrected chi connectivity index (χ2v) is 8.63. The van der Waals surface area contributed by atoms with E-state index < -0.39 is 32.4 Å². The third-order valence-corrected chi connectivity index (χ3v) is 6.29. The number of halogens is 2. The van der Waals surface area contributed by atoms with Crippen LogP contribution in [0.2, 0.25) is 0 Å². The van der Waals surface area contributed by atoms with E-state index >= 15 is 0 Å². The minimum atomic E-state index is -4.27. The Balaban J connectivity index is 1.71. The van der Waals surface area contributed by atoms with Crippen LogP contribution in [-0.4, -0.2) is 24.4 Å². The third kappa shape index (κ3) is 3.89. The largest absolute Gasteiger partial charge is 0.346 e. The Morgan fingerprint density at radius 2 is 1.84 bits per heavy atom. The smallest absolute Gasteiger partial charge is 0.284 e. The fourth-order valence-electron chi connectivity index (χ4n) is 3.00. The van der Waals surface area contributed by atoms with E-state index in [9.17, 15) is 22.0 Å². The summed E-state index contributed by atoms with van der Waals surface area (Å²) in [5.41, 5.74) is 1.49. The van der Waals surface area contributed by atoms with E-state index in [1.165, 1.54) is 29.4 Å². The molecule has 0 atom stereocenters. The molecule has 1 amide bonds. The second kappa shape index (κ2) is 7.88. The summed E-state index contributed by atoms with van der Waals surface area (Å²) in [6.45, 7) is 1.55. The van der Waals surface area contributed by atoms with E-state index in [1.807, 2.05) is 19.1 Å². The zero-order chi connectivity index (χ0) is 22.2. The number of aryl methyl sites for hydroxylation is 1. The summed E-state index contributed by atoms with van der Waals surface area (Å²) in [7, 11) is -4.27. The van der Waals surface area contributed by atoms with Crippen molar-refractivity contribution >= 4 is 32.3 Å². The molecule has 1 N–H and O–H groups in total. The zero-order valence-electron chi connectivity index (χ0n) is 16.2. The molecule has 158 valence electrons. The summed E-state index contributed by atoms with van der Waals surface area (Å²) < 4.78 is 53.0. The third-order valence-electron chi connectivity index (χ3n) is 4.61. The van der Waals surface area contributed by atoms with Crippen LogP contribution in [0.25, 0.3) is 0 Å². The van der Waals surface area contributed by atoms with Gasteiger partial charge in [0.1, 0.15) is 16.5 Å². The van der Waals surface area contributed by atoms with Gasteiger partial charge in [-0.05, 0) is 37.3 Å². The number of hydrogen-bond donors (Lipinski definition) is 1. The molecule has 2 aromatic carbocycles. The van der Waals surface area contributed by atoms with Gasteiger partial charge in [-0.3, -0.25) is 4.79 Å². The Bertz CT molecular complexity index is 1310. The number of hydrogen-bond acceptors (Lipinski definition) is 6. The normalized spacial score (nSPS) is 14.5. The van der Waals surface area contributed by atoms with Crippen molar-refractivity contribution in [2.45, 2.75) is 18.4 Å². The Kier molecular flexibility index (Phi) is 5.24. The predicted molar refractivity (Wildman–Crippen MR) is 110 cm³/mol. The van der Waals surface area contributed by atoms with Gasteiger partial charge in [0, 0.05) is 24.4 Å². The maximum atomic E-state index is 13.9. The van der Waals surface area contributed by atoms with Gasteiger partial charge in [-0.15, -0.1) is 5.10 Å². The summed E-state index contributed by atoms with van der Waals surface area (Å²) in [5, 5.41) is 6.91. The molecule has 31 heavy (non-hydrogen) atoms. The van der Waals surface area contributed by atoms with E-state index in [4.69, 9.17) is 0 Å². The first-order valence-corrected chi connectivity index (χ1v) is 10.6. The molecule has 0 spiro atoms. The Morgan fingerprint density at radius 3 is 2.55 bits per heavy atom. The molecule has 4 rings (SSSR count). The molecule has 0 aliphatic carbocycles. The highest BCUT2D eigenvalue weighted by molar-refractivity contribution is 8.08. The van der Waals surface area contributed by atoms with Crippen LogP contribution >= 0.6 is 0 Å². The number of fused-ring (bicyclic) bond motifs is 1. The van der Waals surface area contributed by atoms with Crippen LogP contribution in [-0.2, 0) is 21.2 Å². The fourth-order valence-corrected chi connectivity index (χ4v) is 4.35. The number of anilines is 2. The minimum absolute atomic E-state index is 0.000940. The molecule has 0 bridgehead atoms. The number of carbonyl (C=O) groups excluding carboxylic acids is 1. The number of benzene rings is 2. The lowest BCUT2D eigenvalue weighted by Crippen LogP contribution is -2.40. The quantitative estimate of drug-likeness (QED) is 0.670. The molecular weight excluding hydrogens is 426 g/mol. The van der Waals surface area contributed by atoms with E-state index in [0.29, 0.717) is 11.8 Å². The van der Waals surface area contributed by atoms with Gasteiger partial charge in [-0.25, -0.2) is 27.2 Å². The van der Waals surface area contributed by atoms with Gasteiger partial charge >= 0.3 is 0 Å². The molecule has 0 fully saturated rings. The van der Waals surface area contributed by atoms with Crippen LogP contribution < -0.4 is 10.3 Å². The van der Waals surface area contributed by atoms with Crippen molar-refractivity contribution < 1.29 is 22.0 Å². The van der Waals surface area contributed by atoms with Gasteiger partial charge in [0.25, 0.3) is 5.91 Å². The molecule has 1 aliphatic heterocycles. The summed E-state index contributed by atoms with van der Waals surface area (Å²) in [4.78, 5) is 16.7. The lowest BCUT2D eigenvalue weighted by atomic mass is 10.2. The lowest BCUT2D eigenvalue weighted by molar-refractivity contribution is -0.114. The fraction of sp³-hybridized carbons (Fsp3) is 0.0952. The number of sulfone groups is 1. The van der Waals surface area contributed by atoms with Crippen molar-refractivity contribution in [1.29, 1.82) is 0 Å². The van der Waals surface area contributed by atoms with Gasteiger partial charge in [0.2, 0.25) is 14.9 Å². The molecule has 0 saturated heterocycles. The van der Waals surface area contributed by atoms with Gasteiger partial charge in [-0.2, -0.15) is 0 Å². The van der Waals surface area contributed by atoms with Crippen molar-refractivity contribution in [3.8, 4) is 0 Å². The van der Waals surface area contributed by atoms with E-state index in [2.05, 4.69) is 15.4 Å². The maximum absolute atomic E-state index is 13.9. The van der Waals surface area contributed by atoms with Crippen molar-refractivity contribution in [2.75, 3.05) is 5.01 Å². The van der Waals surface area contributed by atoms with Crippen LogP contribution in [0.15, 0.2) is 70.8 Å². The van der Waals surface area contributed by atoms with Gasteiger partial charge in [0.15, 0.2) is 5.82 Å². The number of pyridine rings is 1. The summed E-state index contributed by atoms with van der Waals surface area (Å²) in [6, 6.07) is 12.7. The molecule has 0 unspecified atom stereocenters. The number of rotatable bonds is 4. The predicted octanol–water partition coefficient (Wildman–Crippen LogP) is 3.22. The van der Waals surface area contributed by atoms with Crippen LogP contribution in [0.3, 0.4) is 0 Å². The summed E-state index contributed by atoms with van der Waals surface area (Å²) in [6.07, 6.45) is 1.42. The Hall–Kier alpha value is -3.66. The van der Waals surface area contributed by atoms with Crippen molar-refractivity contribution in [3.63, 3.8) is 0 Å². The zero-order valence-corrected chi connectivity index (χ0v) is 17.0. The monoisotopic (exact) mass is 442 g/mol. The Morgan fingerprint density at radius 1 is 1.10 bits per heavy atom. The van der Waals surface area contributed by atoms with Crippen molar-refractivity contribution in [1.82, 2.24) is 10.3 Å². The summed E-state index contributed by atoms with van der Waals surface area (Å²) >= 11 is 0. The molecule has 7 nitrogen and oxygen atoms in total. The number of carbonyl (C=O) groups is 1. The number of nitrogens with one attached hydrogen (secondary N) is 1. The highest BCUT2D eigenvalue weighted by Crippen LogP contribution is 2.35. The minimum Gasteiger partial charge on any atom is -0.346 e. The highest BCUT2D eigenvalue weighted by Gasteiger charge is 2.38. The lowest BCUT2D eigenvalue weighted by Gasteiger charge is -2.26. The van der Waals surface area contributed by atoms with Crippen molar-refractivity contribution in [3.05, 3.63) is 83.6 Å². The molecule has 0 saturated carbocycles. The summed E-state index contributed by atoms with van der Waals surface area (Å²) in [5.74, 6) is -2.57. The topological polar surface area (TPSA) is 91.7 Å². The SMILES string of the molecule is Cc1ccc(N2N=C(C(=O)NCc3ccc(F)cc3F)S(=O)(=O)c3cccnc32)cc1. The standard InChI is InChI=1S/C21H16F2N4O3S/c1-13-4-8-16(9-5-13)27-19-18(3-2-10-24-19)31(29,30)21(26-27)20(28)25-12-14-6-7-15(22)11-17(14)23/h2-11H,12H2,1H3,(H,25,28). The molecule has 2 heterocycles. The molecule has 10 heteroatoms. The van der Waals surface area contributed by atoms with E-state index in [1.54, 1.807) is 12.1 Å². The van der Waals surface area contributed by atoms with Gasteiger partial charge in [0.05, 0.1) is 5.69 Å². The number of hydrazone groups is 1. The molecular formula is C21H16F2N4O3S. The van der Waals surface area contributed by atoms with Crippen LogP contribution in [0.5, 0.6) is 0 Å². The van der Waals surface area contributed by atoms with Crippen LogP contribution in [0, 0.1) is 18.6 Å².